The number of rotatable bonds is 9. The third-order valence-electron chi connectivity index (χ3n) is 5.68. The molecule has 0 radical (unpaired) electrons. The molecule has 0 unspecified atom stereocenters. The van der Waals surface area contributed by atoms with E-state index in [1.54, 1.807) is 14.2 Å². The van der Waals surface area contributed by atoms with E-state index in [-0.39, 0.29) is 11.9 Å². The van der Waals surface area contributed by atoms with Crippen LogP contribution in [0.3, 0.4) is 0 Å². The van der Waals surface area contributed by atoms with E-state index in [9.17, 15) is 18.0 Å². The molecule has 0 aliphatic carbocycles. The molecule has 5 nitrogen and oxygen atoms in total. The zero-order valence-corrected chi connectivity index (χ0v) is 19.3. The van der Waals surface area contributed by atoms with Crippen molar-refractivity contribution >= 4 is 5.91 Å². The van der Waals surface area contributed by atoms with Gasteiger partial charge in [0.1, 0.15) is 17.5 Å². The normalized spacial score (nSPS) is 13.2. The third kappa shape index (κ3) is 6.35. The van der Waals surface area contributed by atoms with Gasteiger partial charge in [0.05, 0.1) is 7.11 Å². The van der Waals surface area contributed by atoms with Gasteiger partial charge in [0.25, 0.3) is 0 Å². The predicted octanol–water partition coefficient (Wildman–Crippen LogP) is 5.17. The monoisotopic (exact) mass is 471 g/mol. The van der Waals surface area contributed by atoms with Crippen LogP contribution >= 0.6 is 0 Å². The van der Waals surface area contributed by atoms with E-state index in [0.29, 0.717) is 18.4 Å². The van der Waals surface area contributed by atoms with Crippen LogP contribution < -0.4 is 15.4 Å². The van der Waals surface area contributed by atoms with Crippen LogP contribution in [0.25, 0.3) is 0 Å². The van der Waals surface area contributed by atoms with Crippen LogP contribution in [0, 0.1) is 6.92 Å². The minimum atomic E-state index is -4.47. The fourth-order valence-electron chi connectivity index (χ4n) is 3.76. The van der Waals surface area contributed by atoms with Crippen molar-refractivity contribution in [3.8, 4) is 5.75 Å². The maximum atomic E-state index is 12.9. The molecule has 3 aromatic rings. The topological polar surface area (TPSA) is 63.2 Å². The van der Waals surface area contributed by atoms with Crippen molar-refractivity contribution in [1.29, 1.82) is 0 Å². The van der Waals surface area contributed by atoms with Crippen molar-refractivity contribution < 1.29 is 22.7 Å². The van der Waals surface area contributed by atoms with Gasteiger partial charge in [0.2, 0.25) is 5.91 Å². The summed E-state index contributed by atoms with van der Waals surface area (Å²) in [7, 11) is 3.18. The lowest BCUT2D eigenvalue weighted by Gasteiger charge is -2.26. The maximum Gasteiger partial charge on any atom is 0.433 e. The summed E-state index contributed by atoms with van der Waals surface area (Å²) < 4.78 is 44.0. The molecule has 3 rings (SSSR count). The summed E-state index contributed by atoms with van der Waals surface area (Å²) >= 11 is 0. The van der Waals surface area contributed by atoms with Gasteiger partial charge in [-0.15, -0.1) is 0 Å². The molecule has 1 amide bonds. The van der Waals surface area contributed by atoms with E-state index in [1.165, 1.54) is 12.3 Å². The molecule has 0 aliphatic heterocycles. The van der Waals surface area contributed by atoms with Gasteiger partial charge >= 0.3 is 6.18 Å². The highest BCUT2D eigenvalue weighted by Gasteiger charge is 2.32. The van der Waals surface area contributed by atoms with Gasteiger partial charge in [-0.05, 0) is 54.2 Å². The van der Waals surface area contributed by atoms with Gasteiger partial charge in [-0.1, -0.05) is 48.5 Å². The van der Waals surface area contributed by atoms with Crippen molar-refractivity contribution in [2.75, 3.05) is 14.2 Å². The standard InChI is InChI=1S/C26H28F3N3O2/c1-17-9-12-20(15-22(17)34-3)21(13-10-18-11-14-23(31-16-18)26(27,28)29)32-24(25(33)30-2)19-7-5-4-6-8-19/h4-9,11-12,14-16,21,24,32H,10,13H2,1-3H3,(H,30,33)/t21-,24+/m1/s1. The fourth-order valence-corrected chi connectivity index (χ4v) is 3.76. The Morgan fingerprint density at radius 3 is 2.38 bits per heavy atom. The van der Waals surface area contributed by atoms with Crippen molar-refractivity contribution in [1.82, 2.24) is 15.6 Å². The molecule has 0 saturated carbocycles. The molecular weight excluding hydrogens is 443 g/mol. The zero-order valence-electron chi connectivity index (χ0n) is 19.3. The van der Waals surface area contributed by atoms with E-state index in [4.69, 9.17) is 4.74 Å². The van der Waals surface area contributed by atoms with Gasteiger partial charge in [-0.3, -0.25) is 15.1 Å². The second kappa shape index (κ2) is 11.2. The Morgan fingerprint density at radius 2 is 1.79 bits per heavy atom. The number of amides is 1. The summed E-state index contributed by atoms with van der Waals surface area (Å²) in [6.07, 6.45) is -2.23. The average Bonchev–Trinajstić information content (AvgIpc) is 2.84. The highest BCUT2D eigenvalue weighted by molar-refractivity contribution is 5.83. The Hall–Kier alpha value is -3.39. The number of carbonyl (C=O) groups excluding carboxylic acids is 1. The molecule has 2 N–H and O–H groups in total. The highest BCUT2D eigenvalue weighted by Crippen LogP contribution is 2.30. The molecule has 180 valence electrons. The summed E-state index contributed by atoms with van der Waals surface area (Å²) in [4.78, 5) is 16.3. The van der Waals surface area contributed by atoms with E-state index >= 15 is 0 Å². The number of halogens is 3. The molecule has 0 spiro atoms. The van der Waals surface area contributed by atoms with Crippen molar-refractivity contribution in [3.05, 3.63) is 94.8 Å². The fraction of sp³-hybridized carbons (Fsp3) is 0.308. The first-order valence-electron chi connectivity index (χ1n) is 10.9. The van der Waals surface area contributed by atoms with Gasteiger partial charge in [0, 0.05) is 19.3 Å². The first kappa shape index (κ1) is 25.2. The van der Waals surface area contributed by atoms with Gasteiger partial charge in [-0.2, -0.15) is 13.2 Å². The van der Waals surface area contributed by atoms with Crippen molar-refractivity contribution in [2.45, 2.75) is 38.0 Å². The number of benzene rings is 2. The third-order valence-corrected chi connectivity index (χ3v) is 5.68. The number of hydrogen-bond acceptors (Lipinski definition) is 4. The molecule has 2 aromatic carbocycles. The quantitative estimate of drug-likeness (QED) is 0.452. The summed E-state index contributed by atoms with van der Waals surface area (Å²) in [6.45, 7) is 1.94. The summed E-state index contributed by atoms with van der Waals surface area (Å²) in [5, 5.41) is 6.15. The number of nitrogens with one attached hydrogen (secondary N) is 2. The second-order valence-electron chi connectivity index (χ2n) is 7.99. The Balaban J connectivity index is 1.89. The van der Waals surface area contributed by atoms with Crippen LogP contribution in [0.5, 0.6) is 5.75 Å². The lowest BCUT2D eigenvalue weighted by molar-refractivity contribution is -0.141. The molecule has 34 heavy (non-hydrogen) atoms. The van der Waals surface area contributed by atoms with Crippen molar-refractivity contribution in [2.24, 2.45) is 0 Å². The second-order valence-corrected chi connectivity index (χ2v) is 7.99. The van der Waals surface area contributed by atoms with Gasteiger partial charge < -0.3 is 10.1 Å². The molecular formula is C26H28F3N3O2. The molecule has 0 fully saturated rings. The minimum Gasteiger partial charge on any atom is -0.496 e. The smallest absolute Gasteiger partial charge is 0.433 e. The first-order chi connectivity index (χ1) is 16.2. The summed E-state index contributed by atoms with van der Waals surface area (Å²) in [5.41, 5.74) is 2.45. The molecule has 2 atom stereocenters. The highest BCUT2D eigenvalue weighted by atomic mass is 19.4. The van der Waals surface area contributed by atoms with E-state index in [2.05, 4.69) is 15.6 Å². The van der Waals surface area contributed by atoms with Gasteiger partial charge in [0.15, 0.2) is 0 Å². The number of hydrogen-bond donors (Lipinski definition) is 2. The Kier molecular flexibility index (Phi) is 8.28. The molecule has 1 aromatic heterocycles. The maximum absolute atomic E-state index is 12.9. The van der Waals surface area contributed by atoms with Crippen LogP contribution in [-0.4, -0.2) is 25.0 Å². The predicted molar refractivity (Wildman–Crippen MR) is 124 cm³/mol. The SMILES string of the molecule is CNC(=O)[C@@H](N[C@H](CCc1ccc(C(F)(F)F)nc1)c1ccc(C)c(OC)c1)c1ccccc1. The lowest BCUT2D eigenvalue weighted by atomic mass is 9.95. The molecule has 1 heterocycles. The molecule has 0 saturated heterocycles. The Morgan fingerprint density at radius 1 is 1.06 bits per heavy atom. The van der Waals surface area contributed by atoms with Gasteiger partial charge in [-0.25, -0.2) is 0 Å². The van der Waals surface area contributed by atoms with E-state index < -0.39 is 17.9 Å². The number of alkyl halides is 3. The number of pyridine rings is 1. The van der Waals surface area contributed by atoms with Crippen LogP contribution in [0.1, 0.15) is 46.5 Å². The molecule has 0 aliphatic rings. The largest absolute Gasteiger partial charge is 0.496 e. The number of likely N-dealkylation sites (N-methyl/N-ethyl adjacent to an activating group) is 1. The number of aryl methyl sites for hydroxylation is 2. The summed E-state index contributed by atoms with van der Waals surface area (Å²) in [5.74, 6) is 0.531. The number of aromatic nitrogens is 1. The van der Waals surface area contributed by atoms with Crippen LogP contribution in [0.15, 0.2) is 66.9 Å². The lowest BCUT2D eigenvalue weighted by Crippen LogP contribution is -2.38. The number of carbonyl (C=O) groups is 1. The number of ether oxygens (including phenoxy) is 1. The number of methoxy groups -OCH3 is 1. The average molecular weight is 472 g/mol. The number of nitrogens with zero attached hydrogens (tertiary/aromatic N) is 1. The summed E-state index contributed by atoms with van der Waals surface area (Å²) in [6, 6.07) is 16.7. The van der Waals surface area contributed by atoms with Crippen LogP contribution in [0.4, 0.5) is 13.2 Å². The zero-order chi connectivity index (χ0) is 24.7. The van der Waals surface area contributed by atoms with Crippen LogP contribution in [0.2, 0.25) is 0 Å². The Bertz CT molecular complexity index is 1090. The minimum absolute atomic E-state index is 0.188. The van der Waals surface area contributed by atoms with Crippen LogP contribution in [-0.2, 0) is 17.4 Å². The van der Waals surface area contributed by atoms with Crippen molar-refractivity contribution in [3.63, 3.8) is 0 Å². The first-order valence-corrected chi connectivity index (χ1v) is 10.9. The Labute approximate surface area is 197 Å². The van der Waals surface area contributed by atoms with E-state index in [0.717, 1.165) is 28.5 Å². The molecule has 8 heteroatoms. The van der Waals surface area contributed by atoms with E-state index in [1.807, 2.05) is 55.5 Å². The molecule has 0 bridgehead atoms.